The zero-order valence-corrected chi connectivity index (χ0v) is 11.4. The monoisotopic (exact) mass is 262 g/mol. The summed E-state index contributed by atoms with van der Waals surface area (Å²) in [6.07, 6.45) is 6.36. The fourth-order valence-corrected chi connectivity index (χ4v) is 2.64. The lowest BCUT2D eigenvalue weighted by molar-refractivity contribution is 0.100. The number of nitrogen functional groups attached to an aromatic ring is 1. The number of carbonyl (C=O) groups is 1. The highest BCUT2D eigenvalue weighted by Gasteiger charge is 2.18. The van der Waals surface area contributed by atoms with Gasteiger partial charge in [-0.3, -0.25) is 4.79 Å². The van der Waals surface area contributed by atoms with E-state index in [9.17, 15) is 4.79 Å². The summed E-state index contributed by atoms with van der Waals surface area (Å²) in [5.74, 6) is 1.11. The lowest BCUT2D eigenvalue weighted by Crippen LogP contribution is -2.26. The summed E-state index contributed by atoms with van der Waals surface area (Å²) >= 11 is 0. The second-order valence-corrected chi connectivity index (χ2v) is 5.19. The average molecular weight is 262 g/mol. The van der Waals surface area contributed by atoms with Gasteiger partial charge < -0.3 is 16.4 Å². The average Bonchev–Trinajstić information content (AvgIpc) is 2.64. The maximum absolute atomic E-state index is 11.3. The molecule has 1 amide bonds. The summed E-state index contributed by atoms with van der Waals surface area (Å²) in [6.45, 7) is 4.20. The molecule has 1 aliphatic rings. The van der Waals surface area contributed by atoms with Gasteiger partial charge in [0.05, 0.1) is 17.4 Å². The normalized spacial score (nSPS) is 20.1. The first-order valence-corrected chi connectivity index (χ1v) is 6.92. The van der Waals surface area contributed by atoms with Gasteiger partial charge >= 0.3 is 0 Å². The van der Waals surface area contributed by atoms with Gasteiger partial charge in [-0.25, -0.2) is 4.98 Å². The molecule has 0 radical (unpaired) electrons. The first-order valence-electron chi connectivity index (χ1n) is 6.92. The molecule has 1 unspecified atom stereocenters. The van der Waals surface area contributed by atoms with E-state index in [1.165, 1.54) is 25.5 Å². The van der Waals surface area contributed by atoms with Gasteiger partial charge in [0.15, 0.2) is 0 Å². The SMILES string of the molecule is CCC1CCCN(c2cc(C(N)=O)c(N)cn2)CC1. The largest absolute Gasteiger partial charge is 0.397 e. The van der Waals surface area contributed by atoms with Crippen molar-refractivity contribution in [2.45, 2.75) is 32.6 Å². The highest BCUT2D eigenvalue weighted by atomic mass is 16.1. The van der Waals surface area contributed by atoms with E-state index in [1.807, 2.05) is 0 Å². The number of anilines is 2. The first-order chi connectivity index (χ1) is 9.11. The maximum atomic E-state index is 11.3. The molecule has 1 aromatic heterocycles. The molecule has 0 aromatic carbocycles. The Kier molecular flexibility index (Phi) is 4.24. The summed E-state index contributed by atoms with van der Waals surface area (Å²) in [5.41, 5.74) is 11.7. The predicted octanol–water partition coefficient (Wildman–Crippen LogP) is 1.78. The molecule has 19 heavy (non-hydrogen) atoms. The number of nitrogens with zero attached hydrogens (tertiary/aromatic N) is 2. The van der Waals surface area contributed by atoms with Crippen LogP contribution in [0.25, 0.3) is 0 Å². The van der Waals surface area contributed by atoms with Crippen LogP contribution in [-0.4, -0.2) is 24.0 Å². The lowest BCUT2D eigenvalue weighted by Gasteiger charge is -2.22. The number of amides is 1. The van der Waals surface area contributed by atoms with Crippen LogP contribution in [0, 0.1) is 5.92 Å². The number of nitrogens with two attached hydrogens (primary N) is 2. The molecular weight excluding hydrogens is 240 g/mol. The number of aromatic nitrogens is 1. The molecule has 2 heterocycles. The number of rotatable bonds is 3. The summed E-state index contributed by atoms with van der Waals surface area (Å²) in [6, 6.07) is 1.71. The zero-order chi connectivity index (χ0) is 13.8. The van der Waals surface area contributed by atoms with Gasteiger partial charge in [0, 0.05) is 13.1 Å². The Morgan fingerprint density at radius 1 is 1.47 bits per heavy atom. The highest BCUT2D eigenvalue weighted by molar-refractivity contribution is 5.98. The zero-order valence-electron chi connectivity index (χ0n) is 11.4. The molecule has 0 saturated carbocycles. The van der Waals surface area contributed by atoms with Crippen molar-refractivity contribution in [1.82, 2.24) is 4.98 Å². The number of pyridine rings is 1. The van der Waals surface area contributed by atoms with Crippen LogP contribution in [0.2, 0.25) is 0 Å². The molecule has 4 N–H and O–H groups in total. The van der Waals surface area contributed by atoms with Crippen LogP contribution < -0.4 is 16.4 Å². The van der Waals surface area contributed by atoms with E-state index in [0.29, 0.717) is 11.3 Å². The fourth-order valence-electron chi connectivity index (χ4n) is 2.64. The van der Waals surface area contributed by atoms with E-state index in [1.54, 1.807) is 6.07 Å². The van der Waals surface area contributed by atoms with Crippen molar-refractivity contribution in [2.24, 2.45) is 11.7 Å². The summed E-state index contributed by atoms with van der Waals surface area (Å²) in [4.78, 5) is 17.9. The summed E-state index contributed by atoms with van der Waals surface area (Å²) in [5, 5.41) is 0. The molecule has 104 valence electrons. The van der Waals surface area contributed by atoms with Gasteiger partial charge in [-0.2, -0.15) is 0 Å². The van der Waals surface area contributed by atoms with E-state index in [4.69, 9.17) is 11.5 Å². The van der Waals surface area contributed by atoms with Crippen LogP contribution in [0.3, 0.4) is 0 Å². The van der Waals surface area contributed by atoms with Crippen LogP contribution in [0.15, 0.2) is 12.3 Å². The number of primary amides is 1. The molecule has 1 aliphatic heterocycles. The molecule has 0 bridgehead atoms. The minimum Gasteiger partial charge on any atom is -0.397 e. The highest BCUT2D eigenvalue weighted by Crippen LogP contribution is 2.24. The Bertz CT molecular complexity index is 461. The number of hydrogen-bond acceptors (Lipinski definition) is 4. The van der Waals surface area contributed by atoms with E-state index < -0.39 is 5.91 Å². The van der Waals surface area contributed by atoms with E-state index >= 15 is 0 Å². The Labute approximate surface area is 114 Å². The minimum absolute atomic E-state index is 0.345. The third-order valence-electron chi connectivity index (χ3n) is 3.93. The Balaban J connectivity index is 2.17. The molecule has 5 heteroatoms. The van der Waals surface area contributed by atoms with Gasteiger partial charge in [0.1, 0.15) is 5.82 Å². The second-order valence-electron chi connectivity index (χ2n) is 5.19. The minimum atomic E-state index is -0.498. The lowest BCUT2D eigenvalue weighted by atomic mass is 9.98. The Morgan fingerprint density at radius 2 is 2.26 bits per heavy atom. The Morgan fingerprint density at radius 3 is 2.95 bits per heavy atom. The molecule has 5 nitrogen and oxygen atoms in total. The standard InChI is InChI=1S/C14H22N4O/c1-2-10-4-3-6-18(7-5-10)13-8-11(14(16)19)12(15)9-17-13/h8-10H,2-7,15H2,1H3,(H2,16,19). The van der Waals surface area contributed by atoms with E-state index in [2.05, 4.69) is 16.8 Å². The first kappa shape index (κ1) is 13.6. The fraction of sp³-hybridized carbons (Fsp3) is 0.571. The van der Waals surface area contributed by atoms with Crippen molar-refractivity contribution in [2.75, 3.05) is 23.7 Å². The molecule has 1 aromatic rings. The second kappa shape index (κ2) is 5.91. The van der Waals surface area contributed by atoms with Gasteiger partial charge in [-0.15, -0.1) is 0 Å². The molecule has 0 aliphatic carbocycles. The molecule has 1 fully saturated rings. The van der Waals surface area contributed by atoms with Crippen molar-refractivity contribution >= 4 is 17.4 Å². The molecule has 2 rings (SSSR count). The third kappa shape index (κ3) is 3.16. The van der Waals surface area contributed by atoms with Crippen LogP contribution in [-0.2, 0) is 0 Å². The summed E-state index contributed by atoms with van der Waals surface area (Å²) < 4.78 is 0. The van der Waals surface area contributed by atoms with Crippen LogP contribution in [0.4, 0.5) is 11.5 Å². The van der Waals surface area contributed by atoms with Gasteiger partial charge in [0.2, 0.25) is 0 Å². The van der Waals surface area contributed by atoms with Crippen LogP contribution in [0.1, 0.15) is 43.0 Å². The molecule has 0 spiro atoms. The quantitative estimate of drug-likeness (QED) is 0.869. The van der Waals surface area contributed by atoms with Crippen molar-refractivity contribution < 1.29 is 4.79 Å². The molecule has 1 atom stereocenters. The van der Waals surface area contributed by atoms with E-state index in [0.717, 1.165) is 31.2 Å². The maximum Gasteiger partial charge on any atom is 0.250 e. The topological polar surface area (TPSA) is 85.2 Å². The van der Waals surface area contributed by atoms with Crippen LogP contribution >= 0.6 is 0 Å². The van der Waals surface area contributed by atoms with Crippen LogP contribution in [0.5, 0.6) is 0 Å². The number of hydrogen-bond donors (Lipinski definition) is 2. The van der Waals surface area contributed by atoms with Crippen molar-refractivity contribution in [3.8, 4) is 0 Å². The predicted molar refractivity (Wildman–Crippen MR) is 77.0 cm³/mol. The molecular formula is C14H22N4O. The smallest absolute Gasteiger partial charge is 0.250 e. The van der Waals surface area contributed by atoms with Gasteiger partial charge in [-0.1, -0.05) is 13.3 Å². The summed E-state index contributed by atoms with van der Waals surface area (Å²) in [7, 11) is 0. The van der Waals surface area contributed by atoms with Gasteiger partial charge in [-0.05, 0) is 31.2 Å². The Hall–Kier alpha value is -1.78. The number of carbonyl (C=O) groups excluding carboxylic acids is 1. The molecule has 1 saturated heterocycles. The van der Waals surface area contributed by atoms with Crippen molar-refractivity contribution in [1.29, 1.82) is 0 Å². The van der Waals surface area contributed by atoms with Crippen molar-refractivity contribution in [3.05, 3.63) is 17.8 Å². The van der Waals surface area contributed by atoms with Crippen molar-refractivity contribution in [3.63, 3.8) is 0 Å². The third-order valence-corrected chi connectivity index (χ3v) is 3.93. The van der Waals surface area contributed by atoms with E-state index in [-0.39, 0.29) is 0 Å². The van der Waals surface area contributed by atoms with Gasteiger partial charge in [0.25, 0.3) is 5.91 Å².